The number of hydrogen-bond acceptors (Lipinski definition) is 5. The first-order valence-electron chi connectivity index (χ1n) is 8.12. The van der Waals surface area contributed by atoms with Crippen molar-refractivity contribution in [2.75, 3.05) is 35.6 Å². The number of urea groups is 1. The summed E-state index contributed by atoms with van der Waals surface area (Å²) in [5.74, 6) is 1.75. The number of benzene rings is 1. The Kier molecular flexibility index (Phi) is 6.50. The molecule has 0 unspecified atom stereocenters. The average molecular weight is 346 g/mol. The van der Waals surface area contributed by atoms with Gasteiger partial charge in [0.2, 0.25) is 0 Å². The second kappa shape index (κ2) is 8.81. The molecule has 2 aromatic rings. The van der Waals surface area contributed by atoms with E-state index in [9.17, 15) is 9.18 Å². The number of carbonyl (C=O) groups excluding carboxylic acids is 1. The van der Waals surface area contributed by atoms with E-state index >= 15 is 0 Å². The first kappa shape index (κ1) is 18.4. The number of anilines is 3. The van der Waals surface area contributed by atoms with Crippen LogP contribution in [-0.4, -0.2) is 35.6 Å². The highest BCUT2D eigenvalue weighted by molar-refractivity contribution is 5.89. The average Bonchev–Trinajstić information content (AvgIpc) is 2.55. The maximum Gasteiger partial charge on any atom is 0.319 e. The molecule has 134 valence electrons. The van der Waals surface area contributed by atoms with E-state index in [-0.39, 0.29) is 5.82 Å². The maximum absolute atomic E-state index is 13.4. The number of halogens is 1. The van der Waals surface area contributed by atoms with Crippen LogP contribution in [0.4, 0.5) is 26.5 Å². The fourth-order valence-electron chi connectivity index (χ4n) is 2.14. The van der Waals surface area contributed by atoms with Crippen LogP contribution < -0.4 is 21.3 Å². The highest BCUT2D eigenvalue weighted by Crippen LogP contribution is 2.13. The molecule has 0 spiro atoms. The molecule has 1 heterocycles. The van der Waals surface area contributed by atoms with Crippen LogP contribution in [0.1, 0.15) is 18.3 Å². The van der Waals surface area contributed by atoms with E-state index in [0.717, 1.165) is 12.4 Å². The highest BCUT2D eigenvalue weighted by atomic mass is 19.1. The zero-order valence-corrected chi connectivity index (χ0v) is 14.6. The van der Waals surface area contributed by atoms with Gasteiger partial charge in [0, 0.05) is 31.4 Å². The summed E-state index contributed by atoms with van der Waals surface area (Å²) in [5, 5.41) is 11.5. The molecule has 1 aromatic heterocycles. The van der Waals surface area contributed by atoms with Crippen molar-refractivity contribution in [1.29, 1.82) is 0 Å². The molecular formula is C17H23FN6O. The van der Waals surface area contributed by atoms with Gasteiger partial charge in [-0.3, -0.25) is 0 Å². The zero-order valence-electron chi connectivity index (χ0n) is 14.6. The van der Waals surface area contributed by atoms with Gasteiger partial charge in [-0.05, 0) is 38.5 Å². The summed E-state index contributed by atoms with van der Waals surface area (Å²) in [7, 11) is 0. The predicted molar refractivity (Wildman–Crippen MR) is 97.6 cm³/mol. The van der Waals surface area contributed by atoms with Gasteiger partial charge in [0.25, 0.3) is 0 Å². The molecule has 0 saturated heterocycles. The minimum absolute atomic E-state index is 0.352. The number of amides is 2. The monoisotopic (exact) mass is 346 g/mol. The van der Waals surface area contributed by atoms with Gasteiger partial charge >= 0.3 is 6.03 Å². The van der Waals surface area contributed by atoms with Crippen molar-refractivity contribution >= 4 is 23.4 Å². The fraction of sp³-hybridized carbons (Fsp3) is 0.353. The Morgan fingerprint density at radius 2 is 1.80 bits per heavy atom. The van der Waals surface area contributed by atoms with Crippen LogP contribution in [0.3, 0.4) is 0 Å². The summed E-state index contributed by atoms with van der Waals surface area (Å²) in [6.45, 7) is 7.14. The van der Waals surface area contributed by atoms with Crippen LogP contribution in [0.2, 0.25) is 0 Å². The molecule has 0 saturated carbocycles. The Bertz CT molecular complexity index is 737. The molecule has 0 radical (unpaired) electrons. The topological polar surface area (TPSA) is 91.0 Å². The molecule has 0 aliphatic heterocycles. The van der Waals surface area contributed by atoms with E-state index in [4.69, 9.17) is 0 Å². The SMILES string of the molecule is CCNc1cc(NCCNC(=O)Nc2ccc(C)c(F)c2)nc(C)n1. The number of aryl methyl sites for hydroxylation is 2. The molecule has 0 bridgehead atoms. The fourth-order valence-corrected chi connectivity index (χ4v) is 2.14. The summed E-state index contributed by atoms with van der Waals surface area (Å²) in [5.41, 5.74) is 0.947. The van der Waals surface area contributed by atoms with E-state index in [1.165, 1.54) is 6.07 Å². The van der Waals surface area contributed by atoms with E-state index in [2.05, 4.69) is 31.2 Å². The van der Waals surface area contributed by atoms with Crippen molar-refractivity contribution in [3.8, 4) is 0 Å². The van der Waals surface area contributed by atoms with Crippen molar-refractivity contribution in [2.45, 2.75) is 20.8 Å². The molecule has 0 aliphatic rings. The lowest BCUT2D eigenvalue weighted by Crippen LogP contribution is -2.32. The molecular weight excluding hydrogens is 323 g/mol. The van der Waals surface area contributed by atoms with Crippen molar-refractivity contribution in [1.82, 2.24) is 15.3 Å². The summed E-state index contributed by atoms with van der Waals surface area (Å²) < 4.78 is 13.4. The normalized spacial score (nSPS) is 10.2. The lowest BCUT2D eigenvalue weighted by Gasteiger charge is -2.11. The Hall–Kier alpha value is -2.90. The number of hydrogen-bond donors (Lipinski definition) is 4. The standard InChI is InChI=1S/C17H23FN6O/c1-4-19-15-10-16(23-12(3)22-15)20-7-8-21-17(25)24-13-6-5-11(2)14(18)9-13/h5-6,9-10H,4,7-8H2,1-3H3,(H2,21,24,25)(H2,19,20,22,23). The Morgan fingerprint density at radius 3 is 2.48 bits per heavy atom. The molecule has 8 heteroatoms. The minimum atomic E-state index is -0.391. The van der Waals surface area contributed by atoms with Gasteiger partial charge in [0.15, 0.2) is 0 Å². The molecule has 0 fully saturated rings. The van der Waals surface area contributed by atoms with Gasteiger partial charge in [-0.25, -0.2) is 19.2 Å². The number of rotatable bonds is 7. The van der Waals surface area contributed by atoms with Crippen molar-refractivity contribution in [3.63, 3.8) is 0 Å². The number of nitrogens with zero attached hydrogens (tertiary/aromatic N) is 2. The van der Waals surface area contributed by atoms with Crippen LogP contribution in [-0.2, 0) is 0 Å². The summed E-state index contributed by atoms with van der Waals surface area (Å²) in [4.78, 5) is 20.4. The molecule has 0 aliphatic carbocycles. The van der Waals surface area contributed by atoms with E-state index in [1.54, 1.807) is 19.1 Å². The lowest BCUT2D eigenvalue weighted by molar-refractivity contribution is 0.252. The number of aromatic nitrogens is 2. The van der Waals surface area contributed by atoms with Crippen molar-refractivity contribution in [2.24, 2.45) is 0 Å². The van der Waals surface area contributed by atoms with Gasteiger partial charge in [-0.1, -0.05) is 6.07 Å². The van der Waals surface area contributed by atoms with Gasteiger partial charge in [-0.2, -0.15) is 0 Å². The highest BCUT2D eigenvalue weighted by Gasteiger charge is 2.04. The third kappa shape index (κ3) is 5.91. The number of carbonyl (C=O) groups is 1. The van der Waals surface area contributed by atoms with Crippen molar-refractivity contribution < 1.29 is 9.18 Å². The van der Waals surface area contributed by atoms with Crippen LogP contribution in [0.15, 0.2) is 24.3 Å². The molecule has 2 rings (SSSR count). The third-order valence-electron chi connectivity index (χ3n) is 3.34. The molecule has 7 nitrogen and oxygen atoms in total. The zero-order chi connectivity index (χ0) is 18.2. The summed E-state index contributed by atoms with van der Waals surface area (Å²) in [6.07, 6.45) is 0. The first-order valence-corrected chi connectivity index (χ1v) is 8.12. The molecule has 0 atom stereocenters. The Balaban J connectivity index is 1.77. The van der Waals surface area contributed by atoms with Crippen LogP contribution >= 0.6 is 0 Å². The van der Waals surface area contributed by atoms with Crippen LogP contribution in [0.5, 0.6) is 0 Å². The van der Waals surface area contributed by atoms with Gasteiger partial charge < -0.3 is 21.3 Å². The molecule has 25 heavy (non-hydrogen) atoms. The second-order valence-electron chi connectivity index (χ2n) is 5.49. The quantitative estimate of drug-likeness (QED) is 0.579. The molecule has 2 amide bonds. The summed E-state index contributed by atoms with van der Waals surface area (Å²) in [6, 6.07) is 5.98. The van der Waals surface area contributed by atoms with Crippen LogP contribution in [0.25, 0.3) is 0 Å². The van der Waals surface area contributed by atoms with Gasteiger partial charge in [0.05, 0.1) is 0 Å². The lowest BCUT2D eigenvalue weighted by atomic mass is 10.2. The minimum Gasteiger partial charge on any atom is -0.370 e. The van der Waals surface area contributed by atoms with Gasteiger partial charge in [0.1, 0.15) is 23.3 Å². The second-order valence-corrected chi connectivity index (χ2v) is 5.49. The molecule has 1 aromatic carbocycles. The predicted octanol–water partition coefficient (Wildman–Crippen LogP) is 2.90. The van der Waals surface area contributed by atoms with Crippen LogP contribution in [0, 0.1) is 19.7 Å². The largest absolute Gasteiger partial charge is 0.370 e. The third-order valence-corrected chi connectivity index (χ3v) is 3.34. The molecule has 4 N–H and O–H groups in total. The Labute approximate surface area is 146 Å². The van der Waals surface area contributed by atoms with Crippen molar-refractivity contribution in [3.05, 3.63) is 41.5 Å². The van der Waals surface area contributed by atoms with E-state index in [0.29, 0.717) is 36.0 Å². The first-order chi connectivity index (χ1) is 12.0. The van der Waals surface area contributed by atoms with E-state index < -0.39 is 6.03 Å². The Morgan fingerprint density at radius 1 is 1.08 bits per heavy atom. The van der Waals surface area contributed by atoms with Gasteiger partial charge in [-0.15, -0.1) is 0 Å². The smallest absolute Gasteiger partial charge is 0.319 e. The summed E-state index contributed by atoms with van der Waals surface area (Å²) >= 11 is 0. The number of nitrogens with one attached hydrogen (secondary N) is 4. The van der Waals surface area contributed by atoms with E-state index in [1.807, 2.05) is 19.9 Å². The maximum atomic E-state index is 13.4.